The molecule has 12 rings (SSSR count). The molecule has 2 nitrogen and oxygen atoms in total. The summed E-state index contributed by atoms with van der Waals surface area (Å²) in [4.78, 5) is 2.33. The summed E-state index contributed by atoms with van der Waals surface area (Å²) >= 11 is 0. The van der Waals surface area contributed by atoms with Gasteiger partial charge < -0.3 is 9.32 Å². The minimum absolute atomic E-state index is 0.889. The monoisotopic (exact) mass is 815 g/mol. The van der Waals surface area contributed by atoms with Gasteiger partial charge in [-0.3, -0.25) is 0 Å². The molecule has 0 saturated heterocycles. The summed E-state index contributed by atoms with van der Waals surface area (Å²) in [5.74, 6) is 0. The summed E-state index contributed by atoms with van der Waals surface area (Å²) in [6, 6.07) is 89.4. The quantitative estimate of drug-likeness (QED) is 0.142. The fourth-order valence-electron chi connectivity index (χ4n) is 9.51. The minimum Gasteiger partial charge on any atom is -0.455 e. The van der Waals surface area contributed by atoms with Crippen LogP contribution in [0.3, 0.4) is 0 Å². The lowest BCUT2D eigenvalue weighted by Crippen LogP contribution is -2.09. The first-order valence-electron chi connectivity index (χ1n) is 21.9. The number of hydrogen-bond donors (Lipinski definition) is 0. The summed E-state index contributed by atoms with van der Waals surface area (Å²) in [6.45, 7) is 0. The molecule has 0 fully saturated rings. The molecule has 2 heteroatoms. The van der Waals surface area contributed by atoms with Gasteiger partial charge in [-0.05, 0) is 120 Å². The van der Waals surface area contributed by atoms with Crippen molar-refractivity contribution >= 4 is 60.5 Å². The van der Waals surface area contributed by atoms with Gasteiger partial charge in [0.2, 0.25) is 0 Å². The molecule has 0 N–H and O–H groups in total. The van der Waals surface area contributed by atoms with Crippen molar-refractivity contribution in [3.63, 3.8) is 0 Å². The van der Waals surface area contributed by atoms with Gasteiger partial charge in [0, 0.05) is 33.2 Å². The van der Waals surface area contributed by atoms with Crippen LogP contribution in [0.25, 0.3) is 99.1 Å². The van der Waals surface area contributed by atoms with Crippen molar-refractivity contribution in [2.24, 2.45) is 0 Å². The molecule has 0 aliphatic carbocycles. The third kappa shape index (κ3) is 6.61. The van der Waals surface area contributed by atoms with E-state index in [1.54, 1.807) is 0 Å². The number of nitrogens with zero attached hydrogens (tertiary/aromatic N) is 1. The van der Waals surface area contributed by atoms with E-state index in [9.17, 15) is 0 Å². The molecule has 0 saturated carbocycles. The highest BCUT2D eigenvalue weighted by atomic mass is 16.3. The summed E-state index contributed by atoms with van der Waals surface area (Å²) in [5.41, 5.74) is 16.9. The van der Waals surface area contributed by atoms with Crippen LogP contribution in [0.1, 0.15) is 0 Å². The van der Waals surface area contributed by atoms with Crippen LogP contribution < -0.4 is 4.90 Å². The maximum Gasteiger partial charge on any atom is 0.143 e. The molecule has 0 unspecified atom stereocenters. The minimum atomic E-state index is 0.889. The van der Waals surface area contributed by atoms with Crippen LogP contribution in [-0.4, -0.2) is 0 Å². The van der Waals surface area contributed by atoms with Crippen molar-refractivity contribution in [3.8, 4) is 55.6 Å². The van der Waals surface area contributed by atoms with Crippen LogP contribution in [0.2, 0.25) is 0 Å². The van der Waals surface area contributed by atoms with Crippen molar-refractivity contribution in [2.45, 2.75) is 0 Å². The van der Waals surface area contributed by atoms with E-state index in [1.165, 1.54) is 54.9 Å². The number of fused-ring (bicyclic) bond motifs is 8. The standard InChI is InChI=1S/C62H41NO/c1-4-14-42(15-5-1)45-28-34-50(35-29-45)63(51-36-30-46(31-37-51)43-16-6-2-7-17-43)52-38-32-47(33-39-52)44-24-26-49(27-25-44)58-41-60-59(40-57(58)48-18-8-3-9-19-48)61-55-22-12-10-20-53(55)54-21-11-13-23-56(54)62(61)64-60/h1-41H. The molecule has 1 heterocycles. The number of rotatable bonds is 8. The van der Waals surface area contributed by atoms with E-state index in [0.29, 0.717) is 0 Å². The van der Waals surface area contributed by atoms with Gasteiger partial charge in [0.15, 0.2) is 0 Å². The van der Waals surface area contributed by atoms with E-state index in [4.69, 9.17) is 4.42 Å². The zero-order valence-corrected chi connectivity index (χ0v) is 35.0. The number of furan rings is 1. The second-order valence-corrected chi connectivity index (χ2v) is 16.4. The van der Waals surface area contributed by atoms with Crippen LogP contribution >= 0.6 is 0 Å². The Morgan fingerprint density at radius 3 is 1.06 bits per heavy atom. The van der Waals surface area contributed by atoms with Crippen LogP contribution in [0.5, 0.6) is 0 Å². The van der Waals surface area contributed by atoms with Gasteiger partial charge in [-0.1, -0.05) is 200 Å². The normalized spacial score (nSPS) is 11.4. The Kier molecular flexibility index (Phi) is 9.20. The molecule has 12 aromatic rings. The van der Waals surface area contributed by atoms with Crippen LogP contribution in [0.4, 0.5) is 17.1 Å². The number of benzene rings is 11. The Hall–Kier alpha value is -8.46. The SMILES string of the molecule is c1ccc(-c2ccc(N(c3ccc(-c4ccccc4)cc3)c3ccc(-c4ccc(-c5cc6oc7c8ccccc8c8ccccc8c7c6cc5-c5ccccc5)cc4)cc3)cc2)cc1. The lowest BCUT2D eigenvalue weighted by atomic mass is 9.90. The molecular formula is C62H41NO. The summed E-state index contributed by atoms with van der Waals surface area (Å²) in [7, 11) is 0. The van der Waals surface area contributed by atoms with E-state index in [-0.39, 0.29) is 0 Å². The Bertz CT molecular complexity index is 3510. The topological polar surface area (TPSA) is 16.4 Å². The molecule has 0 spiro atoms. The largest absolute Gasteiger partial charge is 0.455 e. The van der Waals surface area contributed by atoms with E-state index in [1.807, 2.05) is 0 Å². The van der Waals surface area contributed by atoms with Crippen LogP contribution in [-0.2, 0) is 0 Å². The maximum atomic E-state index is 6.86. The fraction of sp³-hybridized carbons (Fsp3) is 0. The number of hydrogen-bond acceptors (Lipinski definition) is 2. The van der Waals surface area contributed by atoms with Crippen LogP contribution in [0, 0.1) is 0 Å². The van der Waals surface area contributed by atoms with Crippen molar-refractivity contribution in [1.82, 2.24) is 0 Å². The molecule has 0 radical (unpaired) electrons. The second kappa shape index (κ2) is 15.8. The number of anilines is 3. The first-order chi connectivity index (χ1) is 31.7. The average molecular weight is 816 g/mol. The molecule has 0 aliphatic rings. The lowest BCUT2D eigenvalue weighted by Gasteiger charge is -2.26. The average Bonchev–Trinajstić information content (AvgIpc) is 3.77. The van der Waals surface area contributed by atoms with Gasteiger partial charge in [0.05, 0.1) is 0 Å². The molecule has 300 valence electrons. The predicted octanol–water partition coefficient (Wildman–Crippen LogP) is 17.7. The summed E-state index contributed by atoms with van der Waals surface area (Å²) < 4.78 is 6.86. The van der Waals surface area contributed by atoms with E-state index in [2.05, 4.69) is 254 Å². The molecule has 0 bridgehead atoms. The Labute approximate surface area is 372 Å². The Morgan fingerprint density at radius 2 is 0.578 bits per heavy atom. The van der Waals surface area contributed by atoms with E-state index in [0.717, 1.165) is 61.3 Å². The molecule has 0 amide bonds. The molecule has 0 aliphatic heterocycles. The van der Waals surface area contributed by atoms with Gasteiger partial charge in [-0.2, -0.15) is 0 Å². The first kappa shape index (κ1) is 37.3. The molecule has 64 heavy (non-hydrogen) atoms. The Balaban J connectivity index is 0.914. The van der Waals surface area contributed by atoms with Gasteiger partial charge in [-0.15, -0.1) is 0 Å². The van der Waals surface area contributed by atoms with Gasteiger partial charge in [0.1, 0.15) is 11.2 Å². The zero-order chi connectivity index (χ0) is 42.4. The predicted molar refractivity (Wildman–Crippen MR) is 271 cm³/mol. The summed E-state index contributed by atoms with van der Waals surface area (Å²) in [5, 5.41) is 7.09. The first-order valence-corrected chi connectivity index (χ1v) is 21.9. The summed E-state index contributed by atoms with van der Waals surface area (Å²) in [6.07, 6.45) is 0. The molecular weight excluding hydrogens is 775 g/mol. The van der Waals surface area contributed by atoms with Gasteiger partial charge in [-0.25, -0.2) is 0 Å². The van der Waals surface area contributed by atoms with Gasteiger partial charge in [0.25, 0.3) is 0 Å². The van der Waals surface area contributed by atoms with Gasteiger partial charge >= 0.3 is 0 Å². The van der Waals surface area contributed by atoms with Crippen molar-refractivity contribution < 1.29 is 4.42 Å². The van der Waals surface area contributed by atoms with Crippen molar-refractivity contribution in [2.75, 3.05) is 4.90 Å². The third-order valence-electron chi connectivity index (χ3n) is 12.7. The highest BCUT2D eigenvalue weighted by molar-refractivity contribution is 6.30. The van der Waals surface area contributed by atoms with Crippen molar-refractivity contribution in [3.05, 3.63) is 249 Å². The third-order valence-corrected chi connectivity index (χ3v) is 12.7. The lowest BCUT2D eigenvalue weighted by molar-refractivity contribution is 0.673. The van der Waals surface area contributed by atoms with Crippen LogP contribution in [0.15, 0.2) is 253 Å². The molecule has 0 atom stereocenters. The smallest absolute Gasteiger partial charge is 0.143 e. The zero-order valence-electron chi connectivity index (χ0n) is 35.0. The molecule has 1 aromatic heterocycles. The highest BCUT2D eigenvalue weighted by Crippen LogP contribution is 2.45. The maximum absolute atomic E-state index is 6.86. The Morgan fingerprint density at radius 1 is 0.250 bits per heavy atom. The van der Waals surface area contributed by atoms with E-state index < -0.39 is 0 Å². The fourth-order valence-corrected chi connectivity index (χ4v) is 9.51. The molecule has 11 aromatic carbocycles. The van der Waals surface area contributed by atoms with Crippen molar-refractivity contribution in [1.29, 1.82) is 0 Å². The second-order valence-electron chi connectivity index (χ2n) is 16.4. The van der Waals surface area contributed by atoms with E-state index >= 15 is 0 Å². The highest BCUT2D eigenvalue weighted by Gasteiger charge is 2.20.